The zero-order valence-corrected chi connectivity index (χ0v) is 18.2. The van der Waals surface area contributed by atoms with Crippen LogP contribution < -0.4 is 15.8 Å². The van der Waals surface area contributed by atoms with Gasteiger partial charge in [-0.2, -0.15) is 0 Å². The predicted molar refractivity (Wildman–Crippen MR) is 122 cm³/mol. The van der Waals surface area contributed by atoms with Crippen LogP contribution in [0.4, 0.5) is 5.95 Å². The van der Waals surface area contributed by atoms with Gasteiger partial charge in [0, 0.05) is 32.6 Å². The number of fused-ring (bicyclic) bond motifs is 1. The van der Waals surface area contributed by atoms with Crippen LogP contribution in [0.25, 0.3) is 10.2 Å². The summed E-state index contributed by atoms with van der Waals surface area (Å²) in [4.78, 5) is 32.6. The number of aromatic nitrogens is 2. The van der Waals surface area contributed by atoms with Crippen LogP contribution in [-0.2, 0) is 11.3 Å². The van der Waals surface area contributed by atoms with E-state index in [9.17, 15) is 9.59 Å². The first-order chi connectivity index (χ1) is 14.6. The number of carbonyl (C=O) groups excluding carboxylic acids is 1. The highest BCUT2D eigenvalue weighted by Crippen LogP contribution is 2.22. The van der Waals surface area contributed by atoms with E-state index in [1.54, 1.807) is 4.57 Å². The lowest BCUT2D eigenvalue weighted by atomic mass is 10.0. The van der Waals surface area contributed by atoms with Gasteiger partial charge >= 0.3 is 0 Å². The summed E-state index contributed by atoms with van der Waals surface area (Å²) >= 11 is 1.41. The first-order valence-electron chi connectivity index (χ1n) is 10.7. The molecule has 1 aliphatic heterocycles. The molecule has 3 heterocycles. The van der Waals surface area contributed by atoms with Crippen molar-refractivity contribution in [3.05, 3.63) is 57.7 Å². The fourth-order valence-electron chi connectivity index (χ4n) is 3.94. The number of piperidine rings is 1. The van der Waals surface area contributed by atoms with Crippen LogP contribution in [0.3, 0.4) is 0 Å². The molecule has 3 aromatic rings. The molecule has 0 saturated carbocycles. The lowest BCUT2D eigenvalue weighted by Crippen LogP contribution is -2.37. The Kier molecular flexibility index (Phi) is 6.47. The van der Waals surface area contributed by atoms with Crippen LogP contribution in [0.2, 0.25) is 0 Å². The number of hydrogen-bond acceptors (Lipinski definition) is 5. The van der Waals surface area contributed by atoms with Crippen molar-refractivity contribution >= 4 is 33.4 Å². The van der Waals surface area contributed by atoms with Crippen LogP contribution >= 0.6 is 11.3 Å². The summed E-state index contributed by atoms with van der Waals surface area (Å²) in [7, 11) is 0. The van der Waals surface area contributed by atoms with E-state index in [1.165, 1.54) is 23.3 Å². The topological polar surface area (TPSA) is 67.2 Å². The van der Waals surface area contributed by atoms with E-state index in [2.05, 4.69) is 29.3 Å². The van der Waals surface area contributed by atoms with Gasteiger partial charge in [0.25, 0.3) is 5.56 Å². The summed E-state index contributed by atoms with van der Waals surface area (Å²) in [5.74, 6) is 0.905. The number of benzene rings is 1. The van der Waals surface area contributed by atoms with Crippen LogP contribution in [-0.4, -0.2) is 35.1 Å². The molecule has 1 saturated heterocycles. The Morgan fingerprint density at radius 2 is 1.93 bits per heavy atom. The van der Waals surface area contributed by atoms with E-state index in [1.807, 2.05) is 29.6 Å². The minimum absolute atomic E-state index is 0.0407. The summed E-state index contributed by atoms with van der Waals surface area (Å²) in [5, 5.41) is 4.92. The largest absolute Gasteiger partial charge is 0.355 e. The molecular weight excluding hydrogens is 396 g/mol. The minimum Gasteiger partial charge on any atom is -0.355 e. The van der Waals surface area contributed by atoms with Crippen molar-refractivity contribution in [2.75, 3.05) is 24.5 Å². The Morgan fingerprint density at radius 1 is 1.17 bits per heavy atom. The zero-order valence-electron chi connectivity index (χ0n) is 17.3. The number of nitrogens with one attached hydrogen (secondary N) is 1. The second-order valence-corrected chi connectivity index (χ2v) is 8.83. The Balaban J connectivity index is 1.45. The second kappa shape index (κ2) is 9.43. The molecule has 158 valence electrons. The molecule has 1 aliphatic rings. The Bertz CT molecular complexity index is 1050. The van der Waals surface area contributed by atoms with Crippen molar-refractivity contribution in [3.63, 3.8) is 0 Å². The maximum atomic E-state index is 13.1. The van der Waals surface area contributed by atoms with Crippen LogP contribution in [0.15, 0.2) is 46.6 Å². The van der Waals surface area contributed by atoms with Crippen molar-refractivity contribution in [2.24, 2.45) is 0 Å². The molecule has 1 N–H and O–H groups in total. The first kappa shape index (κ1) is 20.6. The Labute approximate surface area is 180 Å². The monoisotopic (exact) mass is 424 g/mol. The number of amides is 1. The fourth-order valence-corrected chi connectivity index (χ4v) is 4.72. The number of hydrogen-bond donors (Lipinski definition) is 1. The molecule has 6 nitrogen and oxygen atoms in total. The SMILES string of the molecule is CC(CNC(=O)CCn1c(N2CCCCC2)nc2ccsc2c1=O)c1ccccc1. The standard InChI is InChI=1S/C23H28N4O2S/c1-17(18-8-4-2-5-9-18)16-24-20(28)10-14-27-22(29)21-19(11-15-30-21)25-23(27)26-12-6-3-7-13-26/h2,4-5,8-9,11,15,17H,3,6-7,10,12-14,16H2,1H3,(H,24,28). The molecule has 1 aromatic carbocycles. The van der Waals surface area contributed by atoms with Crippen molar-refractivity contribution in [1.82, 2.24) is 14.9 Å². The average Bonchev–Trinajstić information content (AvgIpc) is 3.27. The quantitative estimate of drug-likeness (QED) is 0.627. The summed E-state index contributed by atoms with van der Waals surface area (Å²) in [6.45, 7) is 4.84. The van der Waals surface area contributed by atoms with E-state index in [4.69, 9.17) is 4.98 Å². The molecule has 4 rings (SSSR count). The molecule has 30 heavy (non-hydrogen) atoms. The van der Waals surface area contributed by atoms with Gasteiger partial charge in [-0.05, 0) is 42.2 Å². The number of rotatable bonds is 7. The summed E-state index contributed by atoms with van der Waals surface area (Å²) in [6.07, 6.45) is 3.69. The molecule has 0 radical (unpaired) electrons. The van der Waals surface area contributed by atoms with Gasteiger partial charge < -0.3 is 10.2 Å². The lowest BCUT2D eigenvalue weighted by molar-refractivity contribution is -0.121. The van der Waals surface area contributed by atoms with Gasteiger partial charge in [-0.1, -0.05) is 37.3 Å². The van der Waals surface area contributed by atoms with Gasteiger partial charge in [0.1, 0.15) is 4.70 Å². The van der Waals surface area contributed by atoms with Gasteiger partial charge in [-0.3, -0.25) is 14.2 Å². The normalized spacial score (nSPS) is 15.3. The maximum Gasteiger partial charge on any atom is 0.272 e. The van der Waals surface area contributed by atoms with Crippen molar-refractivity contribution in [1.29, 1.82) is 0 Å². The second-order valence-electron chi connectivity index (χ2n) is 7.92. The van der Waals surface area contributed by atoms with Crippen molar-refractivity contribution in [3.8, 4) is 0 Å². The van der Waals surface area contributed by atoms with Crippen LogP contribution in [0, 0.1) is 0 Å². The van der Waals surface area contributed by atoms with Crippen molar-refractivity contribution < 1.29 is 4.79 Å². The van der Waals surface area contributed by atoms with Crippen molar-refractivity contribution in [2.45, 2.75) is 45.1 Å². The molecule has 0 spiro atoms. The number of carbonyl (C=O) groups is 1. The van der Waals surface area contributed by atoms with E-state index in [0.717, 1.165) is 31.4 Å². The maximum absolute atomic E-state index is 13.1. The molecule has 2 aromatic heterocycles. The fraction of sp³-hybridized carbons (Fsp3) is 0.435. The van der Waals surface area contributed by atoms with Crippen LogP contribution in [0.5, 0.6) is 0 Å². The third-order valence-corrected chi connectivity index (χ3v) is 6.61. The molecule has 7 heteroatoms. The molecule has 1 atom stereocenters. The van der Waals surface area contributed by atoms with Gasteiger partial charge in [-0.15, -0.1) is 11.3 Å². The number of anilines is 1. The lowest BCUT2D eigenvalue weighted by Gasteiger charge is -2.29. The third kappa shape index (κ3) is 4.56. The smallest absolute Gasteiger partial charge is 0.272 e. The van der Waals surface area contributed by atoms with E-state index >= 15 is 0 Å². The van der Waals surface area contributed by atoms with E-state index < -0.39 is 0 Å². The summed E-state index contributed by atoms with van der Waals surface area (Å²) in [5.41, 5.74) is 1.91. The van der Waals surface area contributed by atoms with Gasteiger partial charge in [-0.25, -0.2) is 4.98 Å². The summed E-state index contributed by atoms with van der Waals surface area (Å²) < 4.78 is 2.36. The minimum atomic E-state index is -0.0412. The van der Waals surface area contributed by atoms with Gasteiger partial charge in [0.15, 0.2) is 0 Å². The molecular formula is C23H28N4O2S. The predicted octanol–water partition coefficient (Wildman–Crippen LogP) is 3.76. The number of thiophene rings is 1. The van der Waals surface area contributed by atoms with E-state index in [-0.39, 0.29) is 23.8 Å². The highest BCUT2D eigenvalue weighted by atomic mass is 32.1. The Morgan fingerprint density at radius 3 is 2.70 bits per heavy atom. The average molecular weight is 425 g/mol. The van der Waals surface area contributed by atoms with Gasteiger partial charge in [0.05, 0.1) is 5.52 Å². The number of nitrogens with zero attached hydrogens (tertiary/aromatic N) is 3. The summed E-state index contributed by atoms with van der Waals surface area (Å²) in [6, 6.07) is 12.1. The molecule has 1 amide bonds. The highest BCUT2D eigenvalue weighted by Gasteiger charge is 2.20. The molecule has 1 unspecified atom stereocenters. The van der Waals surface area contributed by atoms with E-state index in [0.29, 0.717) is 23.7 Å². The molecule has 0 aliphatic carbocycles. The van der Waals surface area contributed by atoms with Crippen LogP contribution in [0.1, 0.15) is 44.1 Å². The first-order valence-corrected chi connectivity index (χ1v) is 11.6. The Hall–Kier alpha value is -2.67. The zero-order chi connectivity index (χ0) is 20.9. The third-order valence-electron chi connectivity index (χ3n) is 5.72. The molecule has 0 bridgehead atoms. The highest BCUT2D eigenvalue weighted by molar-refractivity contribution is 7.17. The molecule has 1 fully saturated rings. The van der Waals surface area contributed by atoms with Gasteiger partial charge in [0.2, 0.25) is 11.9 Å².